The van der Waals surface area contributed by atoms with Crippen molar-refractivity contribution in [2.75, 3.05) is 47.5 Å². The van der Waals surface area contributed by atoms with Crippen molar-refractivity contribution in [3.05, 3.63) is 72.9 Å². The van der Waals surface area contributed by atoms with Crippen LogP contribution in [-0.2, 0) is 32.7 Å². The Kier molecular flexibility index (Phi) is 36.0. The summed E-state index contributed by atoms with van der Waals surface area (Å²) in [5.41, 5.74) is 0. The van der Waals surface area contributed by atoms with E-state index < -0.39 is 38.6 Å². The Labute approximate surface area is 347 Å². The SMILES string of the molecule is CC/C=C/CC(O)/C=C/C=C/CCCCCCCC(=O)OC[C@H](COP(=O)(O)OCC[N+](C)(C)C)OC(=O)CCC/C=C\C/C=C\C/C=C\CCCCCCCC. The first-order valence-corrected chi connectivity index (χ1v) is 23.3. The number of phosphoric acid groups is 1. The van der Waals surface area contributed by atoms with Crippen LogP contribution in [0.2, 0.25) is 0 Å². The molecule has 3 atom stereocenters. The summed E-state index contributed by atoms with van der Waals surface area (Å²) < 4.78 is 34.2. The number of carbonyl (C=O) groups excluding carboxylic acids is 2. The third-order valence-electron chi connectivity index (χ3n) is 8.80. The highest BCUT2D eigenvalue weighted by Gasteiger charge is 2.27. The number of hydrogen-bond acceptors (Lipinski definition) is 8. The Bertz CT molecular complexity index is 1220. The molecule has 0 fully saturated rings. The third-order valence-corrected chi connectivity index (χ3v) is 9.79. The molecule has 328 valence electrons. The first-order valence-electron chi connectivity index (χ1n) is 21.8. The highest BCUT2D eigenvalue weighted by molar-refractivity contribution is 7.47. The van der Waals surface area contributed by atoms with Crippen molar-refractivity contribution in [3.63, 3.8) is 0 Å². The van der Waals surface area contributed by atoms with Crippen LogP contribution in [0, 0.1) is 0 Å². The molecular weight excluding hydrogens is 741 g/mol. The lowest BCUT2D eigenvalue weighted by Crippen LogP contribution is -2.37. The lowest BCUT2D eigenvalue weighted by molar-refractivity contribution is -0.870. The zero-order valence-corrected chi connectivity index (χ0v) is 37.3. The van der Waals surface area contributed by atoms with Gasteiger partial charge >= 0.3 is 19.8 Å². The third kappa shape index (κ3) is 41.4. The summed E-state index contributed by atoms with van der Waals surface area (Å²) in [6.45, 7) is 4.08. The minimum Gasteiger partial charge on any atom is -0.462 e. The van der Waals surface area contributed by atoms with Crippen molar-refractivity contribution in [2.45, 2.75) is 161 Å². The van der Waals surface area contributed by atoms with Gasteiger partial charge in [-0.3, -0.25) is 18.6 Å². The number of likely N-dealkylation sites (N-methyl/N-ethyl adjacent to an activating group) is 1. The van der Waals surface area contributed by atoms with E-state index in [-0.39, 0.29) is 26.1 Å². The van der Waals surface area contributed by atoms with Gasteiger partial charge in [-0.05, 0) is 70.6 Å². The molecule has 0 saturated heterocycles. The van der Waals surface area contributed by atoms with Crippen LogP contribution >= 0.6 is 7.82 Å². The minimum absolute atomic E-state index is 0.00681. The molecule has 2 N–H and O–H groups in total. The van der Waals surface area contributed by atoms with Gasteiger partial charge in [-0.25, -0.2) is 4.57 Å². The summed E-state index contributed by atoms with van der Waals surface area (Å²) in [5, 5.41) is 9.88. The Balaban J connectivity index is 4.54. The van der Waals surface area contributed by atoms with Gasteiger partial charge in [0.2, 0.25) is 0 Å². The fourth-order valence-corrected chi connectivity index (χ4v) is 6.10. The van der Waals surface area contributed by atoms with Crippen LogP contribution in [-0.4, -0.2) is 86.1 Å². The number of nitrogens with zero attached hydrogens (tertiary/aromatic N) is 1. The van der Waals surface area contributed by atoms with Gasteiger partial charge in [-0.15, -0.1) is 0 Å². The van der Waals surface area contributed by atoms with Gasteiger partial charge in [0.15, 0.2) is 6.10 Å². The summed E-state index contributed by atoms with van der Waals surface area (Å²) >= 11 is 0. The van der Waals surface area contributed by atoms with E-state index in [1.807, 2.05) is 51.5 Å². The van der Waals surface area contributed by atoms with Crippen molar-refractivity contribution in [3.8, 4) is 0 Å². The van der Waals surface area contributed by atoms with Crippen LogP contribution in [0.25, 0.3) is 0 Å². The molecule has 0 radical (unpaired) electrons. The number of ether oxygens (including phenoxy) is 2. The second-order valence-corrected chi connectivity index (χ2v) is 17.0. The zero-order valence-electron chi connectivity index (χ0n) is 36.4. The molecule has 0 saturated carbocycles. The Morgan fingerprint density at radius 1 is 0.649 bits per heavy atom. The molecule has 10 nitrogen and oxygen atoms in total. The lowest BCUT2D eigenvalue weighted by Gasteiger charge is -2.24. The molecule has 0 aliphatic heterocycles. The van der Waals surface area contributed by atoms with E-state index in [0.29, 0.717) is 36.7 Å². The fraction of sp³-hybridized carbons (Fsp3) is 0.696. The maximum absolute atomic E-state index is 12.7. The Morgan fingerprint density at radius 3 is 1.88 bits per heavy atom. The van der Waals surface area contributed by atoms with Crippen molar-refractivity contribution in [2.24, 2.45) is 0 Å². The van der Waals surface area contributed by atoms with Gasteiger partial charge in [-0.1, -0.05) is 138 Å². The average molecular weight is 823 g/mol. The molecule has 0 amide bonds. The second-order valence-electron chi connectivity index (χ2n) is 15.5. The molecule has 2 unspecified atom stereocenters. The second kappa shape index (κ2) is 37.7. The van der Waals surface area contributed by atoms with Crippen LogP contribution in [0.1, 0.15) is 149 Å². The van der Waals surface area contributed by atoms with Crippen LogP contribution in [0.15, 0.2) is 72.9 Å². The van der Waals surface area contributed by atoms with Gasteiger partial charge < -0.3 is 24.0 Å². The number of carbonyl (C=O) groups is 2. The highest BCUT2D eigenvalue weighted by Crippen LogP contribution is 2.43. The van der Waals surface area contributed by atoms with E-state index in [1.165, 1.54) is 38.5 Å². The number of unbranched alkanes of at least 4 members (excludes halogenated alkanes) is 12. The molecular formula is C46H81NO9P+. The summed E-state index contributed by atoms with van der Waals surface area (Å²) in [6.07, 6.45) is 42.9. The largest absolute Gasteiger partial charge is 0.472 e. The number of phosphoric ester groups is 1. The Morgan fingerprint density at radius 2 is 1.23 bits per heavy atom. The van der Waals surface area contributed by atoms with E-state index in [1.54, 1.807) is 6.08 Å². The van der Waals surface area contributed by atoms with Gasteiger partial charge in [0.1, 0.15) is 19.8 Å². The van der Waals surface area contributed by atoms with Crippen molar-refractivity contribution >= 4 is 19.8 Å². The maximum Gasteiger partial charge on any atom is 0.472 e. The van der Waals surface area contributed by atoms with Crippen LogP contribution in [0.5, 0.6) is 0 Å². The van der Waals surface area contributed by atoms with Gasteiger partial charge in [0.05, 0.1) is 33.9 Å². The number of aliphatic hydroxyl groups excluding tert-OH is 1. The Hall–Kier alpha value is -2.59. The van der Waals surface area contributed by atoms with Crippen LogP contribution in [0.4, 0.5) is 0 Å². The van der Waals surface area contributed by atoms with E-state index in [9.17, 15) is 24.2 Å². The van der Waals surface area contributed by atoms with Gasteiger partial charge in [0, 0.05) is 12.8 Å². The average Bonchev–Trinajstić information content (AvgIpc) is 3.15. The van der Waals surface area contributed by atoms with Crippen molar-refractivity contribution in [1.29, 1.82) is 0 Å². The molecule has 0 aromatic carbocycles. The van der Waals surface area contributed by atoms with E-state index in [4.69, 9.17) is 18.5 Å². The number of esters is 2. The number of hydrogen-bond donors (Lipinski definition) is 2. The molecule has 0 aliphatic rings. The highest BCUT2D eigenvalue weighted by atomic mass is 31.2. The van der Waals surface area contributed by atoms with E-state index in [2.05, 4.69) is 50.3 Å². The predicted molar refractivity (Wildman–Crippen MR) is 235 cm³/mol. The molecule has 0 spiro atoms. The predicted octanol–water partition coefficient (Wildman–Crippen LogP) is 11.2. The maximum atomic E-state index is 12.7. The summed E-state index contributed by atoms with van der Waals surface area (Å²) in [7, 11) is 1.39. The van der Waals surface area contributed by atoms with Crippen molar-refractivity contribution < 1.29 is 47.2 Å². The van der Waals surface area contributed by atoms with Crippen LogP contribution in [0.3, 0.4) is 0 Å². The number of rotatable bonds is 38. The molecule has 0 heterocycles. The van der Waals surface area contributed by atoms with Crippen molar-refractivity contribution in [1.82, 2.24) is 0 Å². The van der Waals surface area contributed by atoms with E-state index in [0.717, 1.165) is 57.8 Å². The van der Waals surface area contributed by atoms with Gasteiger partial charge in [0.25, 0.3) is 0 Å². The first kappa shape index (κ1) is 54.4. The molecule has 57 heavy (non-hydrogen) atoms. The molecule has 0 rings (SSSR count). The normalized spacial score (nSPS) is 14.9. The molecule has 0 bridgehead atoms. The zero-order chi connectivity index (χ0) is 42.3. The lowest BCUT2D eigenvalue weighted by atomic mass is 10.1. The number of aliphatic hydroxyl groups is 1. The molecule has 0 aromatic heterocycles. The number of allylic oxidation sites excluding steroid dienone is 10. The summed E-state index contributed by atoms with van der Waals surface area (Å²) in [6, 6.07) is 0. The number of quaternary nitrogens is 1. The summed E-state index contributed by atoms with van der Waals surface area (Å²) in [4.78, 5) is 35.3. The molecule has 0 aromatic rings. The summed E-state index contributed by atoms with van der Waals surface area (Å²) in [5.74, 6) is -0.921. The van der Waals surface area contributed by atoms with Gasteiger partial charge in [-0.2, -0.15) is 0 Å². The minimum atomic E-state index is -4.41. The molecule has 0 aliphatic carbocycles. The van der Waals surface area contributed by atoms with E-state index >= 15 is 0 Å². The monoisotopic (exact) mass is 823 g/mol. The quantitative estimate of drug-likeness (QED) is 0.0156. The standard InChI is InChI=1S/C46H80NO9P/c1-6-8-10-11-12-13-14-15-16-17-18-19-20-23-27-30-34-38-46(50)56-44(42-55-57(51,52)54-40-39-47(3,4)5)41-53-45(49)37-33-29-26-24-21-22-25-28-32-36-43(48)35-31-9-7-2/h9,15-16,18-19,23,25,27-28,31-32,36,43-44,48H,6-8,10-14,17,20-22,24,26,29-30,33-35,37-42H2,1-5H3/p+1/b16-15-,19-18-,27-23-,28-25+,31-9+,36-32+/t43?,44-/m1/s1. The molecule has 11 heteroatoms. The smallest absolute Gasteiger partial charge is 0.462 e. The topological polar surface area (TPSA) is 129 Å². The van der Waals surface area contributed by atoms with Crippen LogP contribution < -0.4 is 0 Å². The first-order chi connectivity index (χ1) is 27.4. The fourth-order valence-electron chi connectivity index (χ4n) is 5.36.